The summed E-state index contributed by atoms with van der Waals surface area (Å²) in [4.78, 5) is 24.5. The van der Waals surface area contributed by atoms with Crippen molar-refractivity contribution in [3.05, 3.63) is 69.1 Å². The predicted molar refractivity (Wildman–Crippen MR) is 96.9 cm³/mol. The van der Waals surface area contributed by atoms with Gasteiger partial charge in [-0.05, 0) is 24.3 Å². The number of nitro groups is 1. The molecule has 8 heteroatoms. The first-order chi connectivity index (χ1) is 11.5. The zero-order chi connectivity index (χ0) is 17.3. The second-order valence-electron chi connectivity index (χ2n) is 4.85. The van der Waals surface area contributed by atoms with Crippen LogP contribution < -0.4 is 4.90 Å². The number of para-hydroxylation sites is 1. The number of nitrogens with zero attached hydrogens (tertiary/aromatic N) is 2. The van der Waals surface area contributed by atoms with Crippen LogP contribution in [0, 0.1) is 10.1 Å². The van der Waals surface area contributed by atoms with E-state index >= 15 is 0 Å². The number of hydrogen-bond donors (Lipinski definition) is 1. The molecule has 1 saturated heterocycles. The lowest BCUT2D eigenvalue weighted by atomic mass is 10.2. The number of carbonyl (C=O) groups is 1. The largest absolute Gasteiger partial charge is 0.507 e. The third-order valence-corrected chi connectivity index (χ3v) is 4.64. The highest BCUT2D eigenvalue weighted by atomic mass is 32.2. The number of rotatable bonds is 3. The Kier molecular flexibility index (Phi) is 4.32. The van der Waals surface area contributed by atoms with Gasteiger partial charge < -0.3 is 5.11 Å². The summed E-state index contributed by atoms with van der Waals surface area (Å²) in [7, 11) is 0. The molecule has 1 aliphatic heterocycles. The maximum atomic E-state index is 12.6. The van der Waals surface area contributed by atoms with Crippen molar-refractivity contribution in [2.24, 2.45) is 0 Å². The van der Waals surface area contributed by atoms with Crippen molar-refractivity contribution in [1.82, 2.24) is 0 Å². The van der Waals surface area contributed by atoms with Crippen molar-refractivity contribution < 1.29 is 14.8 Å². The third kappa shape index (κ3) is 3.01. The molecule has 1 fully saturated rings. The second-order valence-corrected chi connectivity index (χ2v) is 6.53. The molecule has 1 heterocycles. The molecule has 6 nitrogen and oxygen atoms in total. The minimum absolute atomic E-state index is 0.0612. The molecule has 0 aromatic heterocycles. The number of carbonyl (C=O) groups excluding carboxylic acids is 1. The van der Waals surface area contributed by atoms with Crippen LogP contribution in [-0.4, -0.2) is 20.3 Å². The van der Waals surface area contributed by atoms with Crippen LogP contribution in [0.4, 0.5) is 11.4 Å². The number of phenolic OH excluding ortho intramolecular Hbond substituents is 1. The summed E-state index contributed by atoms with van der Waals surface area (Å²) >= 11 is 6.36. The number of non-ortho nitro benzene ring substituents is 1. The average molecular weight is 358 g/mol. The van der Waals surface area contributed by atoms with Crippen molar-refractivity contribution in [1.29, 1.82) is 0 Å². The van der Waals surface area contributed by atoms with Crippen LogP contribution in [0.2, 0.25) is 0 Å². The minimum atomic E-state index is -0.508. The Labute approximate surface area is 146 Å². The number of phenols is 1. The first-order valence-electron chi connectivity index (χ1n) is 6.78. The van der Waals surface area contributed by atoms with E-state index in [9.17, 15) is 20.0 Å². The molecule has 120 valence electrons. The van der Waals surface area contributed by atoms with Crippen LogP contribution in [0.15, 0.2) is 53.4 Å². The van der Waals surface area contributed by atoms with Crippen molar-refractivity contribution in [3.63, 3.8) is 0 Å². The molecule has 0 atom stereocenters. The molecule has 0 saturated carbocycles. The Bertz CT molecular complexity index is 878. The average Bonchev–Trinajstić information content (AvgIpc) is 2.84. The lowest BCUT2D eigenvalue weighted by molar-refractivity contribution is -0.384. The Morgan fingerprint density at radius 1 is 1.17 bits per heavy atom. The molecule has 24 heavy (non-hydrogen) atoms. The highest BCUT2D eigenvalue weighted by molar-refractivity contribution is 8.27. The summed E-state index contributed by atoms with van der Waals surface area (Å²) in [6.07, 6.45) is 1.57. The Balaban J connectivity index is 1.92. The lowest BCUT2D eigenvalue weighted by Crippen LogP contribution is -2.27. The first kappa shape index (κ1) is 16.2. The fourth-order valence-corrected chi connectivity index (χ4v) is 3.45. The molecule has 1 aliphatic rings. The van der Waals surface area contributed by atoms with Crippen LogP contribution in [-0.2, 0) is 4.79 Å². The molecule has 0 bridgehead atoms. The Hall–Kier alpha value is -2.71. The molecule has 3 rings (SSSR count). The highest BCUT2D eigenvalue weighted by Gasteiger charge is 2.33. The number of benzene rings is 2. The fraction of sp³-hybridized carbons (Fsp3) is 0. The van der Waals surface area contributed by atoms with E-state index in [1.807, 2.05) is 0 Å². The predicted octanol–water partition coefficient (Wildman–Crippen LogP) is 3.71. The van der Waals surface area contributed by atoms with E-state index < -0.39 is 4.92 Å². The summed E-state index contributed by atoms with van der Waals surface area (Å²) in [5, 5.41) is 20.5. The SMILES string of the molecule is O=C1/C(=C/c2ccccc2O)SC(=S)N1c1ccc([N+](=O)[O-])cc1. The monoisotopic (exact) mass is 358 g/mol. The van der Waals surface area contributed by atoms with Gasteiger partial charge in [0.25, 0.3) is 11.6 Å². The number of thioether (sulfide) groups is 1. The second kappa shape index (κ2) is 6.42. The van der Waals surface area contributed by atoms with Gasteiger partial charge in [-0.1, -0.05) is 42.2 Å². The van der Waals surface area contributed by atoms with Gasteiger partial charge >= 0.3 is 0 Å². The zero-order valence-electron chi connectivity index (χ0n) is 12.1. The molecule has 0 aliphatic carbocycles. The van der Waals surface area contributed by atoms with E-state index in [1.165, 1.54) is 35.2 Å². The number of nitro benzene ring substituents is 1. The summed E-state index contributed by atoms with van der Waals surface area (Å²) < 4.78 is 0.329. The minimum Gasteiger partial charge on any atom is -0.507 e. The van der Waals surface area contributed by atoms with Gasteiger partial charge in [-0.2, -0.15) is 0 Å². The van der Waals surface area contributed by atoms with Gasteiger partial charge in [-0.25, -0.2) is 0 Å². The third-order valence-electron chi connectivity index (χ3n) is 3.34. The van der Waals surface area contributed by atoms with Gasteiger partial charge in [-0.3, -0.25) is 19.8 Å². The molecule has 0 spiro atoms. The van der Waals surface area contributed by atoms with Crippen molar-refractivity contribution >= 4 is 51.7 Å². The Morgan fingerprint density at radius 2 is 1.83 bits per heavy atom. The summed E-state index contributed by atoms with van der Waals surface area (Å²) in [5.41, 5.74) is 0.916. The van der Waals surface area contributed by atoms with Crippen LogP contribution in [0.5, 0.6) is 5.75 Å². The van der Waals surface area contributed by atoms with Crippen LogP contribution >= 0.6 is 24.0 Å². The van der Waals surface area contributed by atoms with Gasteiger partial charge in [0, 0.05) is 17.7 Å². The number of anilines is 1. The number of thiocarbonyl (C=S) groups is 1. The molecule has 1 N–H and O–H groups in total. The van der Waals surface area contributed by atoms with Crippen LogP contribution in [0.1, 0.15) is 5.56 Å². The van der Waals surface area contributed by atoms with E-state index in [1.54, 1.807) is 24.3 Å². The molecule has 1 amide bonds. The standard InChI is InChI=1S/C16H10N2O4S2/c19-13-4-2-1-3-10(13)9-14-15(20)17(16(23)24-14)11-5-7-12(8-6-11)18(21)22/h1-9,19H/b14-9-. The topological polar surface area (TPSA) is 83.7 Å². The van der Waals surface area contributed by atoms with Crippen LogP contribution in [0.3, 0.4) is 0 Å². The molecule has 0 unspecified atom stereocenters. The fourth-order valence-electron chi connectivity index (χ4n) is 2.16. The zero-order valence-corrected chi connectivity index (χ0v) is 13.7. The summed E-state index contributed by atoms with van der Waals surface area (Å²) in [6.45, 7) is 0. The van der Waals surface area contributed by atoms with E-state index in [4.69, 9.17) is 12.2 Å². The lowest BCUT2D eigenvalue weighted by Gasteiger charge is -2.13. The maximum absolute atomic E-state index is 12.6. The van der Waals surface area contributed by atoms with Gasteiger partial charge in [0.05, 0.1) is 15.5 Å². The van der Waals surface area contributed by atoms with Crippen molar-refractivity contribution in [3.8, 4) is 5.75 Å². The van der Waals surface area contributed by atoms with Crippen LogP contribution in [0.25, 0.3) is 6.08 Å². The molecular weight excluding hydrogens is 348 g/mol. The van der Waals surface area contributed by atoms with E-state index in [-0.39, 0.29) is 17.3 Å². The molecule has 2 aromatic rings. The number of amides is 1. The first-order valence-corrected chi connectivity index (χ1v) is 8.00. The van der Waals surface area contributed by atoms with Crippen molar-refractivity contribution in [2.75, 3.05) is 4.90 Å². The summed E-state index contributed by atoms with van der Waals surface area (Å²) in [5.74, 6) is -0.264. The smallest absolute Gasteiger partial charge is 0.270 e. The Morgan fingerprint density at radius 3 is 2.46 bits per heavy atom. The van der Waals surface area contributed by atoms with Gasteiger partial charge in [0.1, 0.15) is 5.75 Å². The van der Waals surface area contributed by atoms with E-state index in [0.717, 1.165) is 11.8 Å². The number of aromatic hydroxyl groups is 1. The van der Waals surface area contributed by atoms with Gasteiger partial charge in [-0.15, -0.1) is 0 Å². The molecular formula is C16H10N2O4S2. The summed E-state index contributed by atoms with van der Waals surface area (Å²) in [6, 6.07) is 12.3. The molecule has 0 radical (unpaired) electrons. The van der Waals surface area contributed by atoms with E-state index in [2.05, 4.69) is 0 Å². The highest BCUT2D eigenvalue weighted by Crippen LogP contribution is 2.37. The van der Waals surface area contributed by atoms with Gasteiger partial charge in [0.2, 0.25) is 0 Å². The number of hydrogen-bond acceptors (Lipinski definition) is 6. The van der Waals surface area contributed by atoms with E-state index in [0.29, 0.717) is 20.5 Å². The van der Waals surface area contributed by atoms with Gasteiger partial charge in [0.15, 0.2) is 4.32 Å². The maximum Gasteiger partial charge on any atom is 0.270 e. The normalized spacial score (nSPS) is 16.0. The quantitative estimate of drug-likeness (QED) is 0.390. The van der Waals surface area contributed by atoms with Crippen molar-refractivity contribution in [2.45, 2.75) is 0 Å². The molecule has 2 aromatic carbocycles.